The van der Waals surface area contributed by atoms with E-state index >= 15 is 0 Å². The summed E-state index contributed by atoms with van der Waals surface area (Å²) >= 11 is 0. The van der Waals surface area contributed by atoms with Crippen LogP contribution in [0.2, 0.25) is 0 Å². The van der Waals surface area contributed by atoms with Gasteiger partial charge in [-0.2, -0.15) is 0 Å². The Kier molecular flexibility index (Phi) is 7.07. The molecule has 1 saturated carbocycles. The molecular weight excluding hydrogens is 434 g/mol. The Labute approximate surface area is 199 Å². The first-order valence-electron chi connectivity index (χ1n) is 12.4. The number of aliphatic hydroxyl groups excluding tert-OH is 1. The molecule has 0 bridgehead atoms. The number of aromatic nitrogens is 1. The van der Waals surface area contributed by atoms with Crippen molar-refractivity contribution in [1.29, 1.82) is 0 Å². The summed E-state index contributed by atoms with van der Waals surface area (Å²) in [5, 5.41) is 10.5. The van der Waals surface area contributed by atoms with Crippen LogP contribution in [0.5, 0.6) is 0 Å². The van der Waals surface area contributed by atoms with Gasteiger partial charge in [-0.05, 0) is 68.1 Å². The van der Waals surface area contributed by atoms with E-state index in [1.165, 1.54) is 5.56 Å². The number of pyridine rings is 1. The van der Waals surface area contributed by atoms with Gasteiger partial charge in [0, 0.05) is 36.2 Å². The smallest absolute Gasteiger partial charge is 0.161 e. The van der Waals surface area contributed by atoms with Crippen molar-refractivity contribution in [3.8, 4) is 0 Å². The molecule has 2 heterocycles. The molecule has 3 aromatic rings. The van der Waals surface area contributed by atoms with E-state index in [4.69, 9.17) is 9.72 Å². The third-order valence-electron chi connectivity index (χ3n) is 7.56. The van der Waals surface area contributed by atoms with E-state index in [2.05, 4.69) is 17.0 Å². The van der Waals surface area contributed by atoms with Crippen LogP contribution in [0, 0.1) is 23.5 Å². The number of ether oxygens (including phenoxy) is 1. The molecule has 0 amide bonds. The molecule has 1 saturated heterocycles. The molecule has 0 spiro atoms. The molecule has 1 aromatic heterocycles. The fourth-order valence-electron chi connectivity index (χ4n) is 5.77. The van der Waals surface area contributed by atoms with Crippen LogP contribution in [0.3, 0.4) is 0 Å². The molecule has 1 aliphatic carbocycles. The van der Waals surface area contributed by atoms with E-state index < -0.39 is 11.6 Å². The lowest BCUT2D eigenvalue weighted by molar-refractivity contribution is 0.0649. The predicted octanol–water partition coefficient (Wildman–Crippen LogP) is 6.00. The van der Waals surface area contributed by atoms with E-state index in [-0.39, 0.29) is 6.61 Å². The Morgan fingerprint density at radius 3 is 2.50 bits per heavy atom. The van der Waals surface area contributed by atoms with Crippen molar-refractivity contribution in [2.45, 2.75) is 57.8 Å². The Morgan fingerprint density at radius 2 is 1.74 bits per heavy atom. The first-order chi connectivity index (χ1) is 16.6. The van der Waals surface area contributed by atoms with Crippen molar-refractivity contribution in [1.82, 2.24) is 4.98 Å². The van der Waals surface area contributed by atoms with E-state index in [0.29, 0.717) is 41.0 Å². The van der Waals surface area contributed by atoms with Crippen molar-refractivity contribution in [3.63, 3.8) is 0 Å². The van der Waals surface area contributed by atoms with E-state index in [1.807, 2.05) is 18.2 Å². The van der Waals surface area contributed by atoms with Crippen molar-refractivity contribution in [2.75, 3.05) is 18.1 Å². The molecule has 2 aromatic carbocycles. The lowest BCUT2D eigenvalue weighted by atomic mass is 9.78. The number of hydrogen-bond donors (Lipinski definition) is 1. The van der Waals surface area contributed by atoms with Gasteiger partial charge in [0.1, 0.15) is 5.82 Å². The van der Waals surface area contributed by atoms with Crippen molar-refractivity contribution >= 4 is 16.7 Å². The summed E-state index contributed by atoms with van der Waals surface area (Å²) < 4.78 is 33.5. The summed E-state index contributed by atoms with van der Waals surface area (Å²) in [5.74, 6) is 0.0983. The van der Waals surface area contributed by atoms with Gasteiger partial charge in [0.2, 0.25) is 0 Å². The molecule has 180 valence electrons. The molecular formula is C28H32F2N2O2. The van der Waals surface area contributed by atoms with Crippen molar-refractivity contribution < 1.29 is 18.6 Å². The summed E-state index contributed by atoms with van der Waals surface area (Å²) in [7, 11) is 0. The molecule has 1 unspecified atom stereocenters. The van der Waals surface area contributed by atoms with Gasteiger partial charge in [0.25, 0.3) is 0 Å². The Balaban J connectivity index is 1.24. The second-order valence-corrected chi connectivity index (χ2v) is 9.77. The highest BCUT2D eigenvalue weighted by Gasteiger charge is 2.36. The lowest BCUT2D eigenvalue weighted by Gasteiger charge is -2.37. The predicted molar refractivity (Wildman–Crippen MR) is 129 cm³/mol. The molecule has 1 atom stereocenters. The summed E-state index contributed by atoms with van der Waals surface area (Å²) in [6, 6.07) is 14.7. The van der Waals surface area contributed by atoms with Gasteiger partial charge in [-0.15, -0.1) is 0 Å². The minimum absolute atomic E-state index is 0.175. The zero-order chi connectivity index (χ0) is 23.5. The number of benzene rings is 2. The van der Waals surface area contributed by atoms with Crippen LogP contribution >= 0.6 is 0 Å². The molecule has 1 N–H and O–H groups in total. The highest BCUT2D eigenvalue weighted by atomic mass is 19.2. The first-order valence-corrected chi connectivity index (χ1v) is 12.4. The van der Waals surface area contributed by atoms with Gasteiger partial charge in [-0.25, -0.2) is 13.8 Å². The standard InChI is InChI=1S/C28H32F2N2O2/c29-24-14-22-13-23(16-33)28(31-26(22)15-25(24)30)32-12-4-7-27(32)21-10-8-20(9-11-21)18-34-17-19-5-2-1-3-6-19/h1-3,5-6,13-15,20-21,27,33H,4,7-12,16-18H2. The minimum atomic E-state index is -0.895. The van der Waals surface area contributed by atoms with Gasteiger partial charge < -0.3 is 14.7 Å². The largest absolute Gasteiger partial charge is 0.392 e. The highest BCUT2D eigenvalue weighted by molar-refractivity contribution is 5.82. The average molecular weight is 467 g/mol. The molecule has 5 rings (SSSR count). The number of nitrogens with zero attached hydrogens (tertiary/aromatic N) is 2. The monoisotopic (exact) mass is 466 g/mol. The number of rotatable bonds is 7. The quantitative estimate of drug-likeness (QED) is 0.464. The zero-order valence-corrected chi connectivity index (χ0v) is 19.4. The SMILES string of the molecule is OCc1cc2cc(F)c(F)cc2nc1N1CCCC1C1CCC(COCc2ccccc2)CC1. The topological polar surface area (TPSA) is 45.6 Å². The van der Waals surface area contributed by atoms with Gasteiger partial charge >= 0.3 is 0 Å². The molecule has 1 aliphatic heterocycles. The summed E-state index contributed by atoms with van der Waals surface area (Å²) in [4.78, 5) is 7.01. The molecule has 6 heteroatoms. The third kappa shape index (κ3) is 4.93. The van der Waals surface area contributed by atoms with Crippen LogP contribution in [0.15, 0.2) is 48.5 Å². The zero-order valence-electron chi connectivity index (χ0n) is 19.4. The van der Waals surface area contributed by atoms with Crippen LogP contribution in [0.4, 0.5) is 14.6 Å². The van der Waals surface area contributed by atoms with Crippen LogP contribution < -0.4 is 4.90 Å². The van der Waals surface area contributed by atoms with E-state index in [0.717, 1.165) is 69.6 Å². The number of aliphatic hydroxyl groups is 1. The number of hydrogen-bond acceptors (Lipinski definition) is 4. The minimum Gasteiger partial charge on any atom is -0.392 e. The first kappa shape index (κ1) is 23.2. The Bertz CT molecular complexity index is 1120. The molecule has 0 radical (unpaired) electrons. The summed E-state index contributed by atoms with van der Waals surface area (Å²) in [6.45, 7) is 2.17. The highest BCUT2D eigenvalue weighted by Crippen LogP contribution is 2.39. The third-order valence-corrected chi connectivity index (χ3v) is 7.56. The lowest BCUT2D eigenvalue weighted by Crippen LogP contribution is -2.39. The number of anilines is 1. The van der Waals surface area contributed by atoms with Crippen LogP contribution in [0.25, 0.3) is 10.9 Å². The van der Waals surface area contributed by atoms with Gasteiger partial charge in [0.05, 0.1) is 18.7 Å². The van der Waals surface area contributed by atoms with E-state index in [1.54, 1.807) is 6.07 Å². The van der Waals surface area contributed by atoms with Gasteiger partial charge in [0.15, 0.2) is 11.6 Å². The van der Waals surface area contributed by atoms with Crippen LogP contribution in [0.1, 0.15) is 49.7 Å². The molecule has 34 heavy (non-hydrogen) atoms. The Hall–Kier alpha value is -2.57. The van der Waals surface area contributed by atoms with Crippen LogP contribution in [-0.2, 0) is 18.0 Å². The molecule has 4 nitrogen and oxygen atoms in total. The van der Waals surface area contributed by atoms with E-state index in [9.17, 15) is 13.9 Å². The average Bonchev–Trinajstić information content (AvgIpc) is 3.35. The van der Waals surface area contributed by atoms with Crippen LogP contribution in [-0.4, -0.2) is 29.3 Å². The normalized spacial score (nSPS) is 23.0. The maximum atomic E-state index is 13.8. The molecule has 2 fully saturated rings. The summed E-state index contributed by atoms with van der Waals surface area (Å²) in [5.41, 5.74) is 2.31. The second-order valence-electron chi connectivity index (χ2n) is 9.77. The maximum Gasteiger partial charge on any atom is 0.161 e. The number of halogens is 2. The van der Waals surface area contributed by atoms with Crippen molar-refractivity contribution in [3.05, 3.63) is 71.3 Å². The fourth-order valence-corrected chi connectivity index (χ4v) is 5.77. The second kappa shape index (κ2) is 10.4. The maximum absolute atomic E-state index is 13.8. The van der Waals surface area contributed by atoms with Gasteiger partial charge in [-0.1, -0.05) is 30.3 Å². The van der Waals surface area contributed by atoms with Crippen molar-refractivity contribution in [2.24, 2.45) is 11.8 Å². The fraction of sp³-hybridized carbons (Fsp3) is 0.464. The molecule has 2 aliphatic rings. The number of fused-ring (bicyclic) bond motifs is 1. The summed E-state index contributed by atoms with van der Waals surface area (Å²) in [6.07, 6.45) is 6.80. The van der Waals surface area contributed by atoms with Gasteiger partial charge in [-0.3, -0.25) is 0 Å². The Morgan fingerprint density at radius 1 is 0.971 bits per heavy atom.